The first-order chi connectivity index (χ1) is 13.5. The molecule has 7 heteroatoms. The van der Waals surface area contributed by atoms with Crippen molar-refractivity contribution >= 4 is 33.4 Å². The fourth-order valence-corrected chi connectivity index (χ4v) is 3.53. The molecule has 6 nitrogen and oxygen atoms in total. The molecule has 3 rings (SSSR count). The molecule has 1 unspecified atom stereocenters. The van der Waals surface area contributed by atoms with Crippen LogP contribution in [0.5, 0.6) is 11.5 Å². The van der Waals surface area contributed by atoms with Crippen LogP contribution < -0.4 is 14.8 Å². The molecule has 28 heavy (non-hydrogen) atoms. The molecule has 1 aliphatic rings. The Kier molecular flexibility index (Phi) is 6.57. The summed E-state index contributed by atoms with van der Waals surface area (Å²) >= 11 is 3.41. The van der Waals surface area contributed by atoms with Crippen molar-refractivity contribution in [3.63, 3.8) is 0 Å². The number of amides is 2. The Bertz CT molecular complexity index is 854. The maximum atomic E-state index is 12.7. The third kappa shape index (κ3) is 4.84. The van der Waals surface area contributed by atoms with Crippen LogP contribution in [0.4, 0.5) is 5.69 Å². The molecule has 148 valence electrons. The summed E-state index contributed by atoms with van der Waals surface area (Å²) in [6.07, 6.45) is 0.208. The van der Waals surface area contributed by atoms with Crippen molar-refractivity contribution in [3.05, 3.63) is 52.5 Å². The van der Waals surface area contributed by atoms with Crippen molar-refractivity contribution in [1.82, 2.24) is 4.90 Å². The number of benzene rings is 2. The second kappa shape index (κ2) is 9.10. The average molecular weight is 447 g/mol. The zero-order valence-corrected chi connectivity index (χ0v) is 17.5. The summed E-state index contributed by atoms with van der Waals surface area (Å²) in [5, 5.41) is 2.91. The summed E-state index contributed by atoms with van der Waals surface area (Å²) in [6.45, 7) is 3.27. The van der Waals surface area contributed by atoms with Gasteiger partial charge in [0.05, 0.1) is 25.3 Å². The van der Waals surface area contributed by atoms with Gasteiger partial charge in [0.25, 0.3) is 0 Å². The Morgan fingerprint density at radius 2 is 2.00 bits per heavy atom. The van der Waals surface area contributed by atoms with E-state index in [0.717, 1.165) is 15.8 Å². The summed E-state index contributed by atoms with van der Waals surface area (Å²) in [6, 6.07) is 13.0. The first-order valence-corrected chi connectivity index (χ1v) is 9.93. The molecule has 0 spiro atoms. The molecule has 1 saturated heterocycles. The lowest BCUT2D eigenvalue weighted by atomic mass is 10.1. The number of likely N-dealkylation sites (tertiary alicyclic amines) is 1. The number of methoxy groups -OCH3 is 1. The van der Waals surface area contributed by atoms with Gasteiger partial charge in [-0.3, -0.25) is 9.59 Å². The Morgan fingerprint density at radius 3 is 2.68 bits per heavy atom. The maximum absolute atomic E-state index is 12.7. The van der Waals surface area contributed by atoms with Crippen LogP contribution in [0.2, 0.25) is 0 Å². The number of hydrogen-bond acceptors (Lipinski definition) is 4. The lowest BCUT2D eigenvalue weighted by Gasteiger charge is -2.17. The first-order valence-electron chi connectivity index (χ1n) is 9.14. The van der Waals surface area contributed by atoms with Crippen LogP contribution >= 0.6 is 15.9 Å². The predicted molar refractivity (Wildman–Crippen MR) is 110 cm³/mol. The first kappa shape index (κ1) is 20.2. The van der Waals surface area contributed by atoms with E-state index in [0.29, 0.717) is 31.1 Å². The van der Waals surface area contributed by atoms with Gasteiger partial charge >= 0.3 is 0 Å². The topological polar surface area (TPSA) is 67.9 Å². The molecule has 0 saturated carbocycles. The zero-order chi connectivity index (χ0) is 20.1. The van der Waals surface area contributed by atoms with Crippen molar-refractivity contribution in [1.29, 1.82) is 0 Å². The van der Waals surface area contributed by atoms with Gasteiger partial charge in [-0.25, -0.2) is 0 Å². The molecule has 0 radical (unpaired) electrons. The van der Waals surface area contributed by atoms with Crippen LogP contribution in [0.15, 0.2) is 46.9 Å². The SMILES string of the molecule is CCOc1ccc(Br)cc1NC(=O)C1CC(=O)N(Cc2ccc(OC)cc2)C1. The molecule has 2 aromatic carbocycles. The number of nitrogens with one attached hydrogen (secondary N) is 1. The number of hydrogen-bond donors (Lipinski definition) is 1. The highest BCUT2D eigenvalue weighted by atomic mass is 79.9. The van der Waals surface area contributed by atoms with Gasteiger partial charge in [0.2, 0.25) is 11.8 Å². The van der Waals surface area contributed by atoms with Crippen molar-refractivity contribution in [2.24, 2.45) is 5.92 Å². The number of anilines is 1. The molecule has 1 N–H and O–H groups in total. The molecule has 0 bridgehead atoms. The second-order valence-corrected chi connectivity index (χ2v) is 7.50. The third-order valence-corrected chi connectivity index (χ3v) is 5.11. The largest absolute Gasteiger partial charge is 0.497 e. The fraction of sp³-hybridized carbons (Fsp3) is 0.333. The summed E-state index contributed by atoms with van der Waals surface area (Å²) in [5.74, 6) is 0.797. The number of nitrogens with zero attached hydrogens (tertiary/aromatic N) is 1. The summed E-state index contributed by atoms with van der Waals surface area (Å²) in [4.78, 5) is 26.8. The number of ether oxygens (including phenoxy) is 2. The van der Waals surface area contributed by atoms with E-state index in [-0.39, 0.29) is 24.2 Å². The molecule has 1 aliphatic heterocycles. The summed E-state index contributed by atoms with van der Waals surface area (Å²) < 4.78 is 11.6. The molecule has 1 heterocycles. The van der Waals surface area contributed by atoms with Crippen molar-refractivity contribution in [2.75, 3.05) is 25.6 Å². The second-order valence-electron chi connectivity index (χ2n) is 6.59. The molecular formula is C21H23BrN2O4. The Morgan fingerprint density at radius 1 is 1.25 bits per heavy atom. The van der Waals surface area contributed by atoms with E-state index < -0.39 is 0 Å². The van der Waals surface area contributed by atoms with Crippen LogP contribution in [-0.4, -0.2) is 37.0 Å². The van der Waals surface area contributed by atoms with Gasteiger partial charge in [-0.2, -0.15) is 0 Å². The van der Waals surface area contributed by atoms with E-state index >= 15 is 0 Å². The van der Waals surface area contributed by atoms with Crippen LogP contribution in [0.25, 0.3) is 0 Å². The third-order valence-electron chi connectivity index (χ3n) is 4.62. The minimum Gasteiger partial charge on any atom is -0.497 e. The van der Waals surface area contributed by atoms with Gasteiger partial charge in [0.15, 0.2) is 0 Å². The minimum absolute atomic E-state index is 0.0183. The molecule has 2 aromatic rings. The van der Waals surface area contributed by atoms with Gasteiger partial charge in [-0.05, 0) is 42.8 Å². The van der Waals surface area contributed by atoms with Gasteiger partial charge < -0.3 is 19.7 Å². The summed E-state index contributed by atoms with van der Waals surface area (Å²) in [7, 11) is 1.62. The van der Waals surface area contributed by atoms with Gasteiger partial charge in [-0.15, -0.1) is 0 Å². The highest BCUT2D eigenvalue weighted by Crippen LogP contribution is 2.30. The number of carbonyl (C=O) groups is 2. The van der Waals surface area contributed by atoms with E-state index in [2.05, 4.69) is 21.2 Å². The molecule has 0 aromatic heterocycles. The zero-order valence-electron chi connectivity index (χ0n) is 15.9. The molecular weight excluding hydrogens is 424 g/mol. The van der Waals surface area contributed by atoms with Gasteiger partial charge in [-0.1, -0.05) is 28.1 Å². The van der Waals surface area contributed by atoms with E-state index in [9.17, 15) is 9.59 Å². The molecule has 1 fully saturated rings. The average Bonchev–Trinajstić information content (AvgIpc) is 3.05. The number of carbonyl (C=O) groups excluding carboxylic acids is 2. The Hall–Kier alpha value is -2.54. The standard InChI is InChI=1S/C21H23BrN2O4/c1-3-28-19-9-6-16(22)11-18(19)23-21(26)15-10-20(25)24(13-15)12-14-4-7-17(27-2)8-5-14/h4-9,11,15H,3,10,12-13H2,1-2H3,(H,23,26). The van der Waals surface area contributed by atoms with E-state index in [1.165, 1.54) is 0 Å². The highest BCUT2D eigenvalue weighted by molar-refractivity contribution is 9.10. The van der Waals surface area contributed by atoms with Crippen LogP contribution in [0, 0.1) is 5.92 Å². The predicted octanol–water partition coefficient (Wildman–Crippen LogP) is 3.84. The van der Waals surface area contributed by atoms with E-state index in [1.54, 1.807) is 24.1 Å². The lowest BCUT2D eigenvalue weighted by molar-refractivity contribution is -0.128. The summed E-state index contributed by atoms with van der Waals surface area (Å²) in [5.41, 5.74) is 1.60. The molecule has 2 amide bonds. The molecule has 0 aliphatic carbocycles. The van der Waals surface area contributed by atoms with Gasteiger partial charge in [0.1, 0.15) is 11.5 Å². The van der Waals surface area contributed by atoms with Crippen LogP contribution in [-0.2, 0) is 16.1 Å². The fourth-order valence-electron chi connectivity index (χ4n) is 3.17. The Labute approximate surface area is 172 Å². The van der Waals surface area contributed by atoms with Crippen LogP contribution in [0.1, 0.15) is 18.9 Å². The Balaban J connectivity index is 1.64. The van der Waals surface area contributed by atoms with Crippen molar-refractivity contribution < 1.29 is 19.1 Å². The lowest BCUT2D eigenvalue weighted by Crippen LogP contribution is -2.28. The maximum Gasteiger partial charge on any atom is 0.229 e. The van der Waals surface area contributed by atoms with Crippen molar-refractivity contribution in [3.8, 4) is 11.5 Å². The van der Waals surface area contributed by atoms with Crippen LogP contribution in [0.3, 0.4) is 0 Å². The smallest absolute Gasteiger partial charge is 0.229 e. The molecule has 1 atom stereocenters. The number of rotatable bonds is 7. The quantitative estimate of drug-likeness (QED) is 0.701. The normalized spacial score (nSPS) is 16.2. The number of halogens is 1. The van der Waals surface area contributed by atoms with Crippen molar-refractivity contribution in [2.45, 2.75) is 19.9 Å². The van der Waals surface area contributed by atoms with E-state index in [1.807, 2.05) is 37.3 Å². The highest BCUT2D eigenvalue weighted by Gasteiger charge is 2.34. The van der Waals surface area contributed by atoms with E-state index in [4.69, 9.17) is 9.47 Å². The monoisotopic (exact) mass is 446 g/mol. The minimum atomic E-state index is -0.390. The van der Waals surface area contributed by atoms with Gasteiger partial charge in [0, 0.05) is 24.0 Å².